The van der Waals surface area contributed by atoms with Crippen molar-refractivity contribution in [3.8, 4) is 0 Å². The number of hydrogen-bond acceptors (Lipinski definition) is 2. The second-order valence-electron chi connectivity index (χ2n) is 5.90. The number of nitrogens with one attached hydrogen (secondary N) is 1. The van der Waals surface area contributed by atoms with Gasteiger partial charge in [0.2, 0.25) is 5.91 Å². The third-order valence-corrected chi connectivity index (χ3v) is 4.51. The Morgan fingerprint density at radius 1 is 1.33 bits per heavy atom. The Balaban J connectivity index is 2.75. The summed E-state index contributed by atoms with van der Waals surface area (Å²) in [5, 5.41) is 12.2. The Labute approximate surface area is 134 Å². The second-order valence-corrected chi connectivity index (χ2v) is 6.81. The Morgan fingerprint density at radius 2 is 1.95 bits per heavy atom. The number of carbonyl (C=O) groups is 2. The average molecular weight is 356 g/mol. The minimum absolute atomic E-state index is 0.0294. The number of hydrogen-bond donors (Lipinski definition) is 2. The zero-order chi connectivity index (χ0) is 16.2. The smallest absolute Gasteiger partial charge is 0.310 e. The van der Waals surface area contributed by atoms with Gasteiger partial charge in [-0.2, -0.15) is 0 Å². The lowest BCUT2D eigenvalue weighted by Gasteiger charge is -2.29. The van der Waals surface area contributed by atoms with E-state index in [-0.39, 0.29) is 24.3 Å². The molecule has 0 saturated carbocycles. The molecule has 0 saturated heterocycles. The minimum Gasteiger partial charge on any atom is -0.481 e. The van der Waals surface area contributed by atoms with Crippen molar-refractivity contribution in [2.75, 3.05) is 0 Å². The number of amides is 1. The summed E-state index contributed by atoms with van der Waals surface area (Å²) in [6.45, 7) is 7.13. The molecule has 1 aromatic carbocycles. The highest BCUT2D eigenvalue weighted by Gasteiger charge is 2.38. The van der Waals surface area contributed by atoms with Gasteiger partial charge in [0.15, 0.2) is 0 Å². The first kappa shape index (κ1) is 17.7. The Kier molecular flexibility index (Phi) is 5.96. The molecule has 0 heterocycles. The number of benzene rings is 1. The molecule has 0 aromatic heterocycles. The van der Waals surface area contributed by atoms with Crippen LogP contribution in [0, 0.1) is 11.3 Å². The van der Waals surface area contributed by atoms with E-state index in [2.05, 4.69) is 21.2 Å². The maximum absolute atomic E-state index is 12.2. The summed E-state index contributed by atoms with van der Waals surface area (Å²) in [7, 11) is 0. The summed E-state index contributed by atoms with van der Waals surface area (Å²) >= 11 is 3.39. The van der Waals surface area contributed by atoms with E-state index in [9.17, 15) is 14.7 Å². The molecule has 1 unspecified atom stereocenters. The van der Waals surface area contributed by atoms with E-state index < -0.39 is 11.4 Å². The van der Waals surface area contributed by atoms with Gasteiger partial charge in [-0.3, -0.25) is 9.59 Å². The van der Waals surface area contributed by atoms with Crippen molar-refractivity contribution in [1.82, 2.24) is 5.32 Å². The van der Waals surface area contributed by atoms with Crippen LogP contribution >= 0.6 is 15.9 Å². The molecule has 0 radical (unpaired) electrons. The van der Waals surface area contributed by atoms with E-state index in [0.717, 1.165) is 10.0 Å². The molecule has 1 aromatic rings. The van der Waals surface area contributed by atoms with Gasteiger partial charge in [-0.05, 0) is 37.5 Å². The fourth-order valence-corrected chi connectivity index (χ4v) is 2.43. The minimum atomic E-state index is -1.05. The van der Waals surface area contributed by atoms with Crippen molar-refractivity contribution < 1.29 is 14.7 Å². The van der Waals surface area contributed by atoms with Crippen LogP contribution in [0.25, 0.3) is 0 Å². The van der Waals surface area contributed by atoms with Gasteiger partial charge in [0.1, 0.15) is 0 Å². The van der Waals surface area contributed by atoms with Crippen LogP contribution in [0.4, 0.5) is 0 Å². The maximum atomic E-state index is 12.2. The average Bonchev–Trinajstić information content (AvgIpc) is 2.37. The Morgan fingerprint density at radius 3 is 2.43 bits per heavy atom. The topological polar surface area (TPSA) is 66.4 Å². The fraction of sp³-hybridized carbons (Fsp3) is 0.500. The molecule has 2 atom stereocenters. The number of aliphatic carboxylic acids is 1. The molecule has 1 rings (SSSR count). The van der Waals surface area contributed by atoms with Crippen LogP contribution in [0.1, 0.15) is 45.7 Å². The quantitative estimate of drug-likeness (QED) is 0.816. The molecule has 116 valence electrons. The lowest BCUT2D eigenvalue weighted by atomic mass is 9.76. The lowest BCUT2D eigenvalue weighted by Crippen LogP contribution is -2.39. The molecule has 0 bridgehead atoms. The van der Waals surface area contributed by atoms with Crippen LogP contribution in [-0.4, -0.2) is 17.0 Å². The number of carboxylic acids is 1. The Bertz CT molecular complexity index is 530. The van der Waals surface area contributed by atoms with Gasteiger partial charge in [0, 0.05) is 10.9 Å². The molecule has 21 heavy (non-hydrogen) atoms. The molecule has 0 aliphatic heterocycles. The van der Waals surface area contributed by atoms with Gasteiger partial charge in [-0.1, -0.05) is 41.9 Å². The highest BCUT2D eigenvalue weighted by atomic mass is 79.9. The molecule has 0 fully saturated rings. The maximum Gasteiger partial charge on any atom is 0.310 e. The largest absolute Gasteiger partial charge is 0.481 e. The first-order chi connectivity index (χ1) is 9.66. The highest BCUT2D eigenvalue weighted by molar-refractivity contribution is 9.10. The van der Waals surface area contributed by atoms with E-state index in [4.69, 9.17) is 0 Å². The molecule has 4 nitrogen and oxygen atoms in total. The van der Waals surface area contributed by atoms with E-state index in [1.807, 2.05) is 45.0 Å². The summed E-state index contributed by atoms with van der Waals surface area (Å²) in [5.74, 6) is -1.31. The summed E-state index contributed by atoms with van der Waals surface area (Å²) in [6.07, 6.45) is -0.0294. The summed E-state index contributed by atoms with van der Waals surface area (Å²) in [5.41, 5.74) is -0.0829. The van der Waals surface area contributed by atoms with Gasteiger partial charge in [0.25, 0.3) is 0 Å². The van der Waals surface area contributed by atoms with Gasteiger partial charge in [-0.25, -0.2) is 0 Å². The van der Waals surface area contributed by atoms with E-state index in [1.165, 1.54) is 0 Å². The predicted molar refractivity (Wildman–Crippen MR) is 85.9 cm³/mol. The molecule has 5 heteroatoms. The van der Waals surface area contributed by atoms with Crippen molar-refractivity contribution in [1.29, 1.82) is 0 Å². The predicted octanol–water partition coefficient (Wildman–Crippen LogP) is 3.76. The Hall–Kier alpha value is -1.36. The van der Waals surface area contributed by atoms with E-state index in [1.54, 1.807) is 6.92 Å². The van der Waals surface area contributed by atoms with Crippen LogP contribution in [0.3, 0.4) is 0 Å². The second kappa shape index (κ2) is 7.07. The van der Waals surface area contributed by atoms with Crippen molar-refractivity contribution >= 4 is 27.8 Å². The van der Waals surface area contributed by atoms with Crippen LogP contribution in [0.2, 0.25) is 0 Å². The van der Waals surface area contributed by atoms with Crippen LogP contribution < -0.4 is 5.32 Å². The normalized spacial score (nSPS) is 15.3. The third kappa shape index (κ3) is 4.56. The van der Waals surface area contributed by atoms with Gasteiger partial charge in [-0.15, -0.1) is 0 Å². The first-order valence-corrected chi connectivity index (χ1v) is 7.74. The number of rotatable bonds is 6. The monoisotopic (exact) mass is 355 g/mol. The standard InChI is InChI=1S/C16H22BrNO3/c1-10(2)16(4,15(20)21)9-14(19)18-11(3)12-6-5-7-13(17)8-12/h5-8,10-11H,9H2,1-4H3,(H,18,19)(H,20,21)/t11-,16?/m1/s1. The van der Waals surface area contributed by atoms with Gasteiger partial charge >= 0.3 is 5.97 Å². The summed E-state index contributed by atoms with van der Waals surface area (Å²) in [6, 6.07) is 7.51. The third-order valence-electron chi connectivity index (χ3n) is 4.02. The molecule has 1 amide bonds. The SMILES string of the molecule is CC(C)C(C)(CC(=O)N[C@H](C)c1cccc(Br)c1)C(=O)O. The van der Waals surface area contributed by atoms with E-state index >= 15 is 0 Å². The molecule has 0 spiro atoms. The summed E-state index contributed by atoms with van der Waals surface area (Å²) in [4.78, 5) is 23.6. The molecule has 2 N–H and O–H groups in total. The lowest BCUT2D eigenvalue weighted by molar-refractivity contribution is -0.153. The number of halogens is 1. The van der Waals surface area contributed by atoms with Crippen LogP contribution in [0.15, 0.2) is 28.7 Å². The number of carbonyl (C=O) groups excluding carboxylic acids is 1. The van der Waals surface area contributed by atoms with Crippen molar-refractivity contribution in [3.63, 3.8) is 0 Å². The zero-order valence-electron chi connectivity index (χ0n) is 12.8. The van der Waals surface area contributed by atoms with Crippen molar-refractivity contribution in [3.05, 3.63) is 34.3 Å². The van der Waals surface area contributed by atoms with Gasteiger partial charge in [0.05, 0.1) is 11.5 Å². The molecule has 0 aliphatic carbocycles. The van der Waals surface area contributed by atoms with Gasteiger partial charge < -0.3 is 10.4 Å². The molecule has 0 aliphatic rings. The van der Waals surface area contributed by atoms with Crippen molar-refractivity contribution in [2.45, 2.75) is 40.2 Å². The summed E-state index contributed by atoms with van der Waals surface area (Å²) < 4.78 is 0.943. The first-order valence-electron chi connectivity index (χ1n) is 6.95. The molecular weight excluding hydrogens is 334 g/mol. The van der Waals surface area contributed by atoms with Crippen molar-refractivity contribution in [2.24, 2.45) is 11.3 Å². The zero-order valence-corrected chi connectivity index (χ0v) is 14.4. The molecular formula is C16H22BrNO3. The highest BCUT2D eigenvalue weighted by Crippen LogP contribution is 2.31. The fourth-order valence-electron chi connectivity index (χ4n) is 2.01. The van der Waals surface area contributed by atoms with Crippen LogP contribution in [-0.2, 0) is 9.59 Å². The van der Waals surface area contributed by atoms with Crippen LogP contribution in [0.5, 0.6) is 0 Å². The number of carboxylic acid groups (broad SMARTS) is 1. The van der Waals surface area contributed by atoms with E-state index in [0.29, 0.717) is 0 Å².